The van der Waals surface area contributed by atoms with Crippen LogP contribution in [0.4, 0.5) is 0 Å². The molecule has 0 aromatic heterocycles. The third-order valence-electron chi connectivity index (χ3n) is 2.11. The standard InChI is InChI=1S/C6H10O5/c7-3-2-1-10-5(3)4(8)6(9)11-2/h2-9H,1H2/t2-,3-,4-,5+,6?/m1/s1. The first-order chi connectivity index (χ1) is 5.20. The van der Waals surface area contributed by atoms with Crippen LogP contribution in [0.25, 0.3) is 0 Å². The van der Waals surface area contributed by atoms with Crippen molar-refractivity contribution in [3.8, 4) is 0 Å². The van der Waals surface area contributed by atoms with E-state index in [0.29, 0.717) is 0 Å². The minimum Gasteiger partial charge on any atom is -0.387 e. The Morgan fingerprint density at radius 2 is 1.82 bits per heavy atom. The second-order valence-electron chi connectivity index (χ2n) is 2.84. The number of hydrogen-bond donors (Lipinski definition) is 3. The first kappa shape index (κ1) is 7.45. The fourth-order valence-corrected chi connectivity index (χ4v) is 1.46. The zero-order valence-electron chi connectivity index (χ0n) is 5.75. The van der Waals surface area contributed by atoms with Crippen molar-refractivity contribution in [1.29, 1.82) is 0 Å². The van der Waals surface area contributed by atoms with E-state index in [-0.39, 0.29) is 6.61 Å². The monoisotopic (exact) mass is 162 g/mol. The summed E-state index contributed by atoms with van der Waals surface area (Å²) in [5.41, 5.74) is 0. The highest BCUT2D eigenvalue weighted by atomic mass is 16.7. The Morgan fingerprint density at radius 3 is 2.55 bits per heavy atom. The van der Waals surface area contributed by atoms with Crippen LogP contribution in [-0.2, 0) is 9.47 Å². The third-order valence-corrected chi connectivity index (χ3v) is 2.11. The maximum atomic E-state index is 9.28. The topological polar surface area (TPSA) is 79.2 Å². The summed E-state index contributed by atoms with van der Waals surface area (Å²) in [4.78, 5) is 0. The minimum atomic E-state index is -1.23. The number of aliphatic hydroxyl groups excluding tert-OH is 3. The highest BCUT2D eigenvalue weighted by molar-refractivity contribution is 4.94. The summed E-state index contributed by atoms with van der Waals surface area (Å²) in [6.45, 7) is 0.236. The molecule has 0 amide bonds. The van der Waals surface area contributed by atoms with Gasteiger partial charge in [-0.25, -0.2) is 0 Å². The van der Waals surface area contributed by atoms with Gasteiger partial charge in [0.15, 0.2) is 6.29 Å². The first-order valence-electron chi connectivity index (χ1n) is 3.51. The van der Waals surface area contributed by atoms with E-state index in [1.165, 1.54) is 0 Å². The van der Waals surface area contributed by atoms with E-state index >= 15 is 0 Å². The molecular formula is C6H10O5. The van der Waals surface area contributed by atoms with Gasteiger partial charge in [0.2, 0.25) is 0 Å². The SMILES string of the molecule is OC1O[C@@H]2CO[C@@H]([C@@H]2O)[C@H]1O. The van der Waals surface area contributed by atoms with Crippen LogP contribution < -0.4 is 0 Å². The first-order valence-corrected chi connectivity index (χ1v) is 3.51. The predicted molar refractivity (Wildman–Crippen MR) is 32.6 cm³/mol. The predicted octanol–water partition coefficient (Wildman–Crippen LogP) is -2.18. The molecule has 5 nitrogen and oxygen atoms in total. The molecule has 2 heterocycles. The summed E-state index contributed by atoms with van der Waals surface area (Å²) in [7, 11) is 0. The van der Waals surface area contributed by atoms with Gasteiger partial charge in [0.25, 0.3) is 0 Å². The Balaban J connectivity index is 2.16. The quantitative estimate of drug-likeness (QED) is 0.377. The average Bonchev–Trinajstić information content (AvgIpc) is 2.23. The van der Waals surface area contributed by atoms with E-state index in [2.05, 4.69) is 0 Å². The fraction of sp³-hybridized carbons (Fsp3) is 1.00. The van der Waals surface area contributed by atoms with Crippen LogP contribution in [0.5, 0.6) is 0 Å². The molecule has 5 heteroatoms. The Labute approximate surface area is 63.2 Å². The Morgan fingerprint density at radius 1 is 1.09 bits per heavy atom. The van der Waals surface area contributed by atoms with E-state index in [0.717, 1.165) is 0 Å². The zero-order valence-corrected chi connectivity index (χ0v) is 5.75. The lowest BCUT2D eigenvalue weighted by molar-refractivity contribution is -0.242. The van der Waals surface area contributed by atoms with E-state index < -0.39 is 30.7 Å². The van der Waals surface area contributed by atoms with Crippen molar-refractivity contribution in [3.63, 3.8) is 0 Å². The van der Waals surface area contributed by atoms with Crippen molar-refractivity contribution in [2.75, 3.05) is 6.61 Å². The van der Waals surface area contributed by atoms with Crippen molar-refractivity contribution in [3.05, 3.63) is 0 Å². The van der Waals surface area contributed by atoms with E-state index in [4.69, 9.17) is 14.6 Å². The van der Waals surface area contributed by atoms with Crippen LogP contribution in [0.2, 0.25) is 0 Å². The van der Waals surface area contributed by atoms with Gasteiger partial charge in [0, 0.05) is 0 Å². The van der Waals surface area contributed by atoms with Crippen molar-refractivity contribution in [2.45, 2.75) is 30.7 Å². The molecule has 0 saturated carbocycles. The van der Waals surface area contributed by atoms with Gasteiger partial charge in [-0.2, -0.15) is 0 Å². The summed E-state index contributed by atoms with van der Waals surface area (Å²) in [5, 5.41) is 27.5. The van der Waals surface area contributed by atoms with Crippen molar-refractivity contribution in [2.24, 2.45) is 0 Å². The van der Waals surface area contributed by atoms with Gasteiger partial charge >= 0.3 is 0 Å². The molecule has 2 bridgehead atoms. The molecule has 3 N–H and O–H groups in total. The number of rotatable bonds is 0. The Kier molecular flexibility index (Phi) is 1.62. The molecule has 0 aromatic rings. The molecule has 5 atom stereocenters. The molecule has 0 spiro atoms. The molecule has 2 fully saturated rings. The summed E-state index contributed by atoms with van der Waals surface area (Å²) < 4.78 is 9.82. The summed E-state index contributed by atoms with van der Waals surface area (Å²) in [6, 6.07) is 0. The molecular weight excluding hydrogens is 152 g/mol. The molecule has 1 unspecified atom stereocenters. The lowest BCUT2D eigenvalue weighted by Gasteiger charge is -2.31. The molecule has 0 aromatic carbocycles. The highest BCUT2D eigenvalue weighted by Crippen LogP contribution is 2.28. The normalized spacial score (nSPS) is 56.5. The average molecular weight is 162 g/mol. The maximum absolute atomic E-state index is 9.28. The molecule has 2 aliphatic heterocycles. The van der Waals surface area contributed by atoms with Gasteiger partial charge in [0.1, 0.15) is 24.4 Å². The molecule has 64 valence electrons. The third kappa shape index (κ3) is 0.969. The lowest BCUT2D eigenvalue weighted by Crippen LogP contribution is -2.52. The second kappa shape index (κ2) is 2.40. The number of hydrogen-bond acceptors (Lipinski definition) is 5. The lowest BCUT2D eigenvalue weighted by atomic mass is 10.0. The number of aliphatic hydroxyl groups is 3. The Bertz CT molecular complexity index is 161. The summed E-state index contributed by atoms with van der Waals surface area (Å²) in [5.74, 6) is 0. The zero-order chi connectivity index (χ0) is 8.01. The van der Waals surface area contributed by atoms with Gasteiger partial charge < -0.3 is 24.8 Å². The molecule has 11 heavy (non-hydrogen) atoms. The molecule has 0 aliphatic carbocycles. The van der Waals surface area contributed by atoms with Crippen LogP contribution in [0.1, 0.15) is 0 Å². The van der Waals surface area contributed by atoms with Crippen LogP contribution in [-0.4, -0.2) is 52.6 Å². The van der Waals surface area contributed by atoms with Gasteiger partial charge in [-0.3, -0.25) is 0 Å². The van der Waals surface area contributed by atoms with E-state index in [1.54, 1.807) is 0 Å². The van der Waals surface area contributed by atoms with Crippen LogP contribution in [0, 0.1) is 0 Å². The van der Waals surface area contributed by atoms with Crippen LogP contribution in [0.3, 0.4) is 0 Å². The minimum absolute atomic E-state index is 0.236. The molecule has 0 radical (unpaired) electrons. The van der Waals surface area contributed by atoms with E-state index in [1.807, 2.05) is 0 Å². The van der Waals surface area contributed by atoms with Gasteiger partial charge in [0.05, 0.1) is 6.61 Å². The maximum Gasteiger partial charge on any atom is 0.184 e. The van der Waals surface area contributed by atoms with Gasteiger partial charge in [-0.15, -0.1) is 0 Å². The van der Waals surface area contributed by atoms with Crippen LogP contribution in [0.15, 0.2) is 0 Å². The second-order valence-corrected chi connectivity index (χ2v) is 2.84. The van der Waals surface area contributed by atoms with Gasteiger partial charge in [-0.05, 0) is 0 Å². The van der Waals surface area contributed by atoms with Crippen LogP contribution >= 0.6 is 0 Å². The Hall–Kier alpha value is -0.200. The summed E-state index contributed by atoms with van der Waals surface area (Å²) in [6.07, 6.45) is -4.35. The highest BCUT2D eigenvalue weighted by Gasteiger charge is 2.49. The fourth-order valence-electron chi connectivity index (χ4n) is 1.46. The number of fused-ring (bicyclic) bond motifs is 2. The van der Waals surface area contributed by atoms with Crippen molar-refractivity contribution < 1.29 is 24.8 Å². The molecule has 2 aliphatic rings. The smallest absolute Gasteiger partial charge is 0.184 e. The van der Waals surface area contributed by atoms with Crippen molar-refractivity contribution >= 4 is 0 Å². The van der Waals surface area contributed by atoms with Gasteiger partial charge in [-0.1, -0.05) is 0 Å². The number of ether oxygens (including phenoxy) is 2. The molecule has 2 rings (SSSR count). The molecule has 2 saturated heterocycles. The largest absolute Gasteiger partial charge is 0.387 e. The summed E-state index contributed by atoms with van der Waals surface area (Å²) >= 11 is 0. The van der Waals surface area contributed by atoms with E-state index in [9.17, 15) is 10.2 Å². The van der Waals surface area contributed by atoms with Crippen molar-refractivity contribution in [1.82, 2.24) is 0 Å².